The first-order valence-corrected chi connectivity index (χ1v) is 3.39. The summed E-state index contributed by atoms with van der Waals surface area (Å²) < 4.78 is 0. The molecule has 0 saturated carbocycles. The van der Waals surface area contributed by atoms with Gasteiger partial charge in [-0.15, -0.1) is 0 Å². The number of rotatable bonds is 0. The summed E-state index contributed by atoms with van der Waals surface area (Å²) in [7, 11) is 0. The Hall–Kier alpha value is 0.170. The minimum absolute atomic E-state index is 0.00617. The fraction of sp³-hybridized carbons (Fsp3) is 0.750. The van der Waals surface area contributed by atoms with Gasteiger partial charge in [0, 0.05) is 11.8 Å². The van der Waals surface area contributed by atoms with Crippen LogP contribution in [0.3, 0.4) is 0 Å². The second-order valence-corrected chi connectivity index (χ2v) is 2.98. The molecule has 8 heavy (non-hydrogen) atoms. The van der Waals surface area contributed by atoms with Gasteiger partial charge in [-0.1, -0.05) is 0 Å². The van der Waals surface area contributed by atoms with Crippen molar-refractivity contribution in [2.24, 2.45) is 0 Å². The molecule has 1 fully saturated rings. The van der Waals surface area contributed by atoms with E-state index in [0.717, 1.165) is 0 Å². The van der Waals surface area contributed by atoms with Crippen LogP contribution in [0.2, 0.25) is 0 Å². The Kier molecular flexibility index (Phi) is 1.72. The summed E-state index contributed by atoms with van der Waals surface area (Å²) in [6.07, 6.45) is 0. The molecule has 4 heteroatoms. The van der Waals surface area contributed by atoms with Gasteiger partial charge < -0.3 is 5.32 Å². The third-order valence-electron chi connectivity index (χ3n) is 1.12. The molecule has 1 aliphatic rings. The topological polar surface area (TPSA) is 29.1 Å². The lowest BCUT2D eigenvalue weighted by Crippen LogP contribution is -2.19. The first kappa shape index (κ1) is 6.29. The predicted octanol–water partition coefficient (Wildman–Crippen LogP) is -0.287. The summed E-state index contributed by atoms with van der Waals surface area (Å²) in [4.78, 5) is 10.5. The second kappa shape index (κ2) is 2.19. The fourth-order valence-electron chi connectivity index (χ4n) is 0.596. The Morgan fingerprint density at radius 2 is 2.25 bits per heavy atom. The van der Waals surface area contributed by atoms with Gasteiger partial charge in [0.2, 0.25) is 5.91 Å². The quantitative estimate of drug-likeness (QED) is 0.406. The highest BCUT2D eigenvalue weighted by atomic mass is 32.1. The molecular weight excluding hydrogens is 142 g/mol. The standard InChI is InChI=1S/C4H7NOS2/c6-4-3(8)2(7)1-5-4/h2-3,7-8H,1H2,(H,5,6). The summed E-state index contributed by atoms with van der Waals surface area (Å²) in [5, 5.41) is 2.51. The molecule has 0 radical (unpaired) electrons. The normalized spacial score (nSPS) is 37.5. The molecule has 1 saturated heterocycles. The molecule has 1 rings (SSSR count). The first-order chi connectivity index (χ1) is 3.72. The molecule has 0 aromatic heterocycles. The molecule has 46 valence electrons. The van der Waals surface area contributed by atoms with Crippen molar-refractivity contribution in [3.8, 4) is 0 Å². The predicted molar refractivity (Wildman–Crippen MR) is 38.6 cm³/mol. The maximum Gasteiger partial charge on any atom is 0.234 e. The van der Waals surface area contributed by atoms with Crippen LogP contribution in [0.15, 0.2) is 0 Å². The van der Waals surface area contributed by atoms with E-state index in [1.165, 1.54) is 0 Å². The Labute approximate surface area is 58.8 Å². The van der Waals surface area contributed by atoms with Gasteiger partial charge in [-0.25, -0.2) is 0 Å². The van der Waals surface area contributed by atoms with Crippen molar-refractivity contribution in [1.82, 2.24) is 5.32 Å². The SMILES string of the molecule is O=C1NCC(S)C1S. The minimum atomic E-state index is -0.210. The zero-order valence-corrected chi connectivity index (χ0v) is 5.95. The number of carbonyl (C=O) groups is 1. The Bertz CT molecular complexity index is 117. The maximum atomic E-state index is 10.5. The minimum Gasteiger partial charge on any atom is -0.354 e. The molecule has 1 aliphatic heterocycles. The van der Waals surface area contributed by atoms with E-state index in [1.54, 1.807) is 0 Å². The van der Waals surface area contributed by atoms with E-state index in [9.17, 15) is 4.79 Å². The molecule has 0 aromatic rings. The van der Waals surface area contributed by atoms with E-state index in [4.69, 9.17) is 0 Å². The van der Waals surface area contributed by atoms with Gasteiger partial charge in [-0.05, 0) is 0 Å². The van der Waals surface area contributed by atoms with Crippen LogP contribution >= 0.6 is 25.3 Å². The molecule has 2 nitrogen and oxygen atoms in total. The average Bonchev–Trinajstić information content (AvgIpc) is 1.98. The van der Waals surface area contributed by atoms with Crippen molar-refractivity contribution in [3.05, 3.63) is 0 Å². The third kappa shape index (κ3) is 0.951. The van der Waals surface area contributed by atoms with Crippen LogP contribution in [0.1, 0.15) is 0 Å². The van der Waals surface area contributed by atoms with E-state index < -0.39 is 0 Å². The van der Waals surface area contributed by atoms with Crippen molar-refractivity contribution in [2.45, 2.75) is 10.5 Å². The molecule has 2 atom stereocenters. The maximum absolute atomic E-state index is 10.5. The number of hydrogen-bond acceptors (Lipinski definition) is 3. The largest absolute Gasteiger partial charge is 0.354 e. The fourth-order valence-corrected chi connectivity index (χ4v) is 1.02. The average molecular weight is 149 g/mol. The lowest BCUT2D eigenvalue weighted by atomic mass is 10.3. The van der Waals surface area contributed by atoms with Crippen molar-refractivity contribution in [3.63, 3.8) is 0 Å². The summed E-state index contributed by atoms with van der Waals surface area (Å²) in [6, 6.07) is 0. The monoisotopic (exact) mass is 149 g/mol. The van der Waals surface area contributed by atoms with E-state index >= 15 is 0 Å². The highest BCUT2D eigenvalue weighted by Gasteiger charge is 2.28. The lowest BCUT2D eigenvalue weighted by molar-refractivity contribution is -0.118. The summed E-state index contributed by atoms with van der Waals surface area (Å²) in [5.74, 6) is -0.00617. The van der Waals surface area contributed by atoms with Crippen LogP contribution < -0.4 is 5.32 Å². The molecule has 1 N–H and O–H groups in total. The van der Waals surface area contributed by atoms with Gasteiger partial charge in [0.25, 0.3) is 0 Å². The first-order valence-electron chi connectivity index (χ1n) is 2.35. The number of carbonyl (C=O) groups excluding carboxylic acids is 1. The Morgan fingerprint density at radius 3 is 2.38 bits per heavy atom. The van der Waals surface area contributed by atoms with Crippen molar-refractivity contribution in [1.29, 1.82) is 0 Å². The number of hydrogen-bond donors (Lipinski definition) is 3. The van der Waals surface area contributed by atoms with Gasteiger partial charge in [-0.3, -0.25) is 4.79 Å². The van der Waals surface area contributed by atoms with Crippen LogP contribution in [0.4, 0.5) is 0 Å². The Balaban J connectivity index is 2.56. The highest BCUT2D eigenvalue weighted by molar-refractivity contribution is 7.86. The van der Waals surface area contributed by atoms with Crippen LogP contribution in [-0.2, 0) is 4.79 Å². The lowest BCUT2D eigenvalue weighted by Gasteiger charge is -1.99. The molecule has 0 aliphatic carbocycles. The van der Waals surface area contributed by atoms with Crippen LogP contribution in [0, 0.1) is 0 Å². The molecule has 2 unspecified atom stereocenters. The number of thiol groups is 2. The summed E-state index contributed by atoms with van der Waals surface area (Å²) >= 11 is 8.08. The summed E-state index contributed by atoms with van der Waals surface area (Å²) in [5.41, 5.74) is 0. The van der Waals surface area contributed by atoms with E-state index in [1.807, 2.05) is 0 Å². The number of amides is 1. The molecule has 0 aromatic carbocycles. The van der Waals surface area contributed by atoms with Crippen molar-refractivity contribution < 1.29 is 4.79 Å². The molecule has 0 bridgehead atoms. The Morgan fingerprint density at radius 1 is 1.62 bits per heavy atom. The second-order valence-electron chi connectivity index (χ2n) is 1.76. The van der Waals surface area contributed by atoms with Gasteiger partial charge in [-0.2, -0.15) is 25.3 Å². The van der Waals surface area contributed by atoms with Gasteiger partial charge >= 0.3 is 0 Å². The molecule has 1 amide bonds. The highest BCUT2D eigenvalue weighted by Crippen LogP contribution is 2.13. The van der Waals surface area contributed by atoms with E-state index in [0.29, 0.717) is 6.54 Å². The van der Waals surface area contributed by atoms with Crippen LogP contribution in [-0.4, -0.2) is 23.0 Å². The zero-order chi connectivity index (χ0) is 6.15. The smallest absolute Gasteiger partial charge is 0.234 e. The van der Waals surface area contributed by atoms with Crippen LogP contribution in [0.5, 0.6) is 0 Å². The number of nitrogens with one attached hydrogen (secondary N) is 1. The molecule has 1 heterocycles. The van der Waals surface area contributed by atoms with E-state index in [-0.39, 0.29) is 16.4 Å². The van der Waals surface area contributed by atoms with Crippen LogP contribution in [0.25, 0.3) is 0 Å². The third-order valence-corrected chi connectivity index (χ3v) is 2.43. The van der Waals surface area contributed by atoms with Gasteiger partial charge in [0.05, 0.1) is 5.25 Å². The van der Waals surface area contributed by atoms with Crippen molar-refractivity contribution in [2.75, 3.05) is 6.54 Å². The van der Waals surface area contributed by atoms with Gasteiger partial charge in [0.15, 0.2) is 0 Å². The zero-order valence-electron chi connectivity index (χ0n) is 4.16. The van der Waals surface area contributed by atoms with E-state index in [2.05, 4.69) is 30.6 Å². The molecule has 0 spiro atoms. The van der Waals surface area contributed by atoms with Gasteiger partial charge in [0.1, 0.15) is 0 Å². The summed E-state index contributed by atoms with van der Waals surface area (Å²) in [6.45, 7) is 0.649. The molecular formula is C4H7NOS2. The van der Waals surface area contributed by atoms with Crippen molar-refractivity contribution >= 4 is 31.2 Å².